The third kappa shape index (κ3) is 2.75. The summed E-state index contributed by atoms with van der Waals surface area (Å²) in [5, 5.41) is 0.811. The number of hydrogen-bond donors (Lipinski definition) is 0. The lowest BCUT2D eigenvalue weighted by Crippen LogP contribution is -2.24. The highest BCUT2D eigenvalue weighted by Gasteiger charge is 2.33. The standard InChI is InChI=1S/C13H11BrN2O2S2/c1-7(17)19-9-5-12(18)16(6-9)13-15-10-4-8(14)2-3-11(10)20-13/h2-4,9H,5-6H2,1H3. The quantitative estimate of drug-likeness (QED) is 0.812. The first-order valence-electron chi connectivity index (χ1n) is 6.06. The van der Waals surface area contributed by atoms with Crippen LogP contribution in [0.15, 0.2) is 22.7 Å². The van der Waals surface area contributed by atoms with E-state index in [2.05, 4.69) is 20.9 Å². The number of nitrogens with zero attached hydrogens (tertiary/aromatic N) is 2. The molecule has 0 aliphatic carbocycles. The molecule has 0 spiro atoms. The summed E-state index contributed by atoms with van der Waals surface area (Å²) >= 11 is 6.17. The van der Waals surface area contributed by atoms with Crippen molar-refractivity contribution in [1.29, 1.82) is 0 Å². The van der Waals surface area contributed by atoms with Crippen LogP contribution in [0.2, 0.25) is 0 Å². The second kappa shape index (κ2) is 5.46. The Morgan fingerprint density at radius 2 is 2.35 bits per heavy atom. The van der Waals surface area contributed by atoms with Crippen molar-refractivity contribution in [1.82, 2.24) is 4.98 Å². The number of carbonyl (C=O) groups excluding carboxylic acids is 2. The Balaban J connectivity index is 1.87. The molecule has 1 amide bonds. The second-order valence-electron chi connectivity index (χ2n) is 4.55. The van der Waals surface area contributed by atoms with Gasteiger partial charge in [0.15, 0.2) is 10.2 Å². The van der Waals surface area contributed by atoms with Gasteiger partial charge in [0.05, 0.1) is 10.2 Å². The van der Waals surface area contributed by atoms with Gasteiger partial charge in [-0.05, 0) is 18.2 Å². The largest absolute Gasteiger partial charge is 0.288 e. The molecule has 1 fully saturated rings. The van der Waals surface area contributed by atoms with Gasteiger partial charge in [-0.2, -0.15) is 0 Å². The number of hydrogen-bond acceptors (Lipinski definition) is 5. The van der Waals surface area contributed by atoms with Crippen molar-refractivity contribution in [3.05, 3.63) is 22.7 Å². The van der Waals surface area contributed by atoms with Gasteiger partial charge >= 0.3 is 0 Å². The zero-order valence-electron chi connectivity index (χ0n) is 10.6. The summed E-state index contributed by atoms with van der Waals surface area (Å²) < 4.78 is 2.03. The molecule has 1 aromatic heterocycles. The monoisotopic (exact) mass is 370 g/mol. The Bertz CT molecular complexity index is 701. The van der Waals surface area contributed by atoms with Crippen molar-refractivity contribution in [2.75, 3.05) is 11.4 Å². The molecule has 104 valence electrons. The molecule has 1 saturated heterocycles. The van der Waals surface area contributed by atoms with Gasteiger partial charge in [-0.1, -0.05) is 39.0 Å². The first-order chi connectivity index (χ1) is 9.52. The number of fused-ring (bicyclic) bond motifs is 1. The van der Waals surface area contributed by atoms with Crippen molar-refractivity contribution >= 4 is 65.4 Å². The van der Waals surface area contributed by atoms with E-state index in [1.807, 2.05) is 18.2 Å². The minimum Gasteiger partial charge on any atom is -0.288 e. The van der Waals surface area contributed by atoms with Crippen LogP contribution in [0.4, 0.5) is 5.13 Å². The maximum absolute atomic E-state index is 12.1. The Morgan fingerprint density at radius 1 is 1.55 bits per heavy atom. The van der Waals surface area contributed by atoms with Crippen molar-refractivity contribution in [3.63, 3.8) is 0 Å². The van der Waals surface area contributed by atoms with E-state index in [-0.39, 0.29) is 16.3 Å². The summed E-state index contributed by atoms with van der Waals surface area (Å²) in [4.78, 5) is 29.4. The fourth-order valence-corrected chi connectivity index (χ4v) is 4.42. The number of anilines is 1. The highest BCUT2D eigenvalue weighted by atomic mass is 79.9. The Hall–Kier alpha value is -0.920. The Morgan fingerprint density at radius 3 is 3.10 bits per heavy atom. The lowest BCUT2D eigenvalue weighted by molar-refractivity contribution is -0.117. The lowest BCUT2D eigenvalue weighted by atomic mass is 10.3. The van der Waals surface area contributed by atoms with Gasteiger partial charge in [-0.15, -0.1) is 0 Å². The van der Waals surface area contributed by atoms with Gasteiger partial charge in [0.1, 0.15) is 0 Å². The van der Waals surface area contributed by atoms with E-state index in [9.17, 15) is 9.59 Å². The van der Waals surface area contributed by atoms with E-state index in [1.54, 1.807) is 4.90 Å². The van der Waals surface area contributed by atoms with Crippen LogP contribution in [0.3, 0.4) is 0 Å². The average molecular weight is 371 g/mol. The zero-order valence-corrected chi connectivity index (χ0v) is 13.8. The van der Waals surface area contributed by atoms with Gasteiger partial charge in [0, 0.05) is 29.6 Å². The SMILES string of the molecule is CC(=O)SC1CC(=O)N(c2nc3cc(Br)ccc3s2)C1. The average Bonchev–Trinajstić information content (AvgIpc) is 2.91. The molecule has 0 bridgehead atoms. The number of rotatable bonds is 2. The molecule has 1 aliphatic rings. The minimum absolute atomic E-state index is 0.0405. The van der Waals surface area contributed by atoms with Crippen molar-refractivity contribution in [2.45, 2.75) is 18.6 Å². The number of thiazole rings is 1. The molecule has 2 heterocycles. The molecule has 1 atom stereocenters. The first-order valence-corrected chi connectivity index (χ1v) is 8.55. The summed E-state index contributed by atoms with van der Waals surface area (Å²) in [7, 11) is 0. The molecule has 0 N–H and O–H groups in total. The van der Waals surface area contributed by atoms with E-state index in [1.165, 1.54) is 30.0 Å². The second-order valence-corrected chi connectivity index (χ2v) is 7.95. The molecular formula is C13H11BrN2O2S2. The molecular weight excluding hydrogens is 360 g/mol. The number of benzene rings is 1. The first kappa shape index (κ1) is 14.0. The Labute approximate surface area is 132 Å². The van der Waals surface area contributed by atoms with Gasteiger partial charge in [-0.25, -0.2) is 4.98 Å². The summed E-state index contributed by atoms with van der Waals surface area (Å²) in [5.74, 6) is 0.0434. The molecule has 1 unspecified atom stereocenters. The van der Waals surface area contributed by atoms with Gasteiger partial charge in [-0.3, -0.25) is 14.5 Å². The number of halogens is 1. The molecule has 1 aliphatic heterocycles. The minimum atomic E-state index is 0.0405. The maximum Gasteiger partial charge on any atom is 0.230 e. The molecule has 20 heavy (non-hydrogen) atoms. The smallest absolute Gasteiger partial charge is 0.230 e. The van der Waals surface area contributed by atoms with Crippen LogP contribution in [-0.2, 0) is 9.59 Å². The number of thioether (sulfide) groups is 1. The summed E-state index contributed by atoms with van der Waals surface area (Å²) in [6, 6.07) is 5.89. The number of carbonyl (C=O) groups is 2. The predicted octanol–water partition coefficient (Wildman–Crippen LogP) is 3.44. The number of aromatic nitrogens is 1. The molecule has 3 rings (SSSR count). The van der Waals surface area contributed by atoms with Crippen molar-refractivity contribution in [2.24, 2.45) is 0 Å². The van der Waals surface area contributed by atoms with Crippen LogP contribution in [-0.4, -0.2) is 27.8 Å². The molecule has 0 saturated carbocycles. The van der Waals surface area contributed by atoms with Crippen molar-refractivity contribution in [3.8, 4) is 0 Å². The summed E-state index contributed by atoms with van der Waals surface area (Å²) in [6.07, 6.45) is 0.407. The highest BCUT2D eigenvalue weighted by molar-refractivity contribution is 9.10. The molecule has 4 nitrogen and oxygen atoms in total. The summed E-state index contributed by atoms with van der Waals surface area (Å²) in [6.45, 7) is 2.09. The van der Waals surface area contributed by atoms with Gasteiger partial charge in [0.2, 0.25) is 5.91 Å². The zero-order chi connectivity index (χ0) is 14.3. The van der Waals surface area contributed by atoms with Crippen LogP contribution < -0.4 is 4.90 Å². The van der Waals surface area contributed by atoms with Crippen LogP contribution in [0.25, 0.3) is 10.2 Å². The van der Waals surface area contributed by atoms with E-state index in [0.29, 0.717) is 13.0 Å². The van der Waals surface area contributed by atoms with E-state index >= 15 is 0 Å². The fraction of sp³-hybridized carbons (Fsp3) is 0.308. The van der Waals surface area contributed by atoms with Crippen LogP contribution >= 0.6 is 39.0 Å². The topological polar surface area (TPSA) is 50.3 Å². The van der Waals surface area contributed by atoms with E-state index < -0.39 is 0 Å². The third-order valence-corrected chi connectivity index (χ3v) is 5.53. The van der Waals surface area contributed by atoms with Crippen LogP contribution in [0, 0.1) is 0 Å². The third-order valence-electron chi connectivity index (χ3n) is 2.99. The van der Waals surface area contributed by atoms with E-state index in [0.717, 1.165) is 19.8 Å². The molecule has 0 radical (unpaired) electrons. The fourth-order valence-electron chi connectivity index (χ4n) is 2.18. The normalized spacial score (nSPS) is 19.0. The molecule has 2 aromatic rings. The van der Waals surface area contributed by atoms with Gasteiger partial charge in [0.25, 0.3) is 0 Å². The predicted molar refractivity (Wildman–Crippen MR) is 86.4 cm³/mol. The number of amides is 1. The summed E-state index contributed by atoms with van der Waals surface area (Å²) in [5.41, 5.74) is 0.884. The van der Waals surface area contributed by atoms with Crippen LogP contribution in [0.5, 0.6) is 0 Å². The van der Waals surface area contributed by atoms with Gasteiger partial charge < -0.3 is 0 Å². The van der Waals surface area contributed by atoms with E-state index in [4.69, 9.17) is 0 Å². The van der Waals surface area contributed by atoms with Crippen LogP contribution in [0.1, 0.15) is 13.3 Å². The maximum atomic E-state index is 12.1. The van der Waals surface area contributed by atoms with Crippen molar-refractivity contribution < 1.29 is 9.59 Å². The lowest BCUT2D eigenvalue weighted by Gasteiger charge is -2.11. The highest BCUT2D eigenvalue weighted by Crippen LogP contribution is 2.34. The molecule has 7 heteroatoms. The molecule has 1 aromatic carbocycles. The Kier molecular flexibility index (Phi) is 3.83.